The highest BCUT2D eigenvalue weighted by atomic mass is 16.4. The van der Waals surface area contributed by atoms with Crippen LogP contribution in [0.15, 0.2) is 0 Å². The van der Waals surface area contributed by atoms with Crippen molar-refractivity contribution in [3.63, 3.8) is 0 Å². The van der Waals surface area contributed by atoms with Crippen LogP contribution in [0.4, 0.5) is 0 Å². The number of Topliss-reactive ketones (excluding diaryl/α,β-unsaturated/α-hetero) is 1. The van der Waals surface area contributed by atoms with E-state index < -0.39 is 23.2 Å². The minimum atomic E-state index is -0.783. The lowest BCUT2D eigenvalue weighted by Gasteiger charge is -2.43. The van der Waals surface area contributed by atoms with Crippen molar-refractivity contribution >= 4 is 11.8 Å². The van der Waals surface area contributed by atoms with Gasteiger partial charge in [0.2, 0.25) is 0 Å². The maximum absolute atomic E-state index is 12.2. The molecular weight excluding hydrogens is 244 g/mol. The van der Waals surface area contributed by atoms with Crippen LogP contribution < -0.4 is 0 Å². The monoisotopic (exact) mass is 266 g/mol. The SMILES string of the molecule is CC1(C)C[C@]23[C@@H](C(=O)O)CCC1[C@@H]2CC(=O)[C@@H]3CO. The van der Waals surface area contributed by atoms with Gasteiger partial charge in [-0.25, -0.2) is 0 Å². The van der Waals surface area contributed by atoms with Crippen molar-refractivity contribution in [2.45, 2.75) is 39.5 Å². The quantitative estimate of drug-likeness (QED) is 0.798. The van der Waals surface area contributed by atoms with E-state index in [1.165, 1.54) is 0 Å². The predicted octanol–water partition coefficient (Wildman–Crippen LogP) is 1.71. The van der Waals surface area contributed by atoms with Gasteiger partial charge in [0.25, 0.3) is 0 Å². The highest BCUT2D eigenvalue weighted by Crippen LogP contribution is 2.72. The first-order valence-electron chi connectivity index (χ1n) is 7.21. The summed E-state index contributed by atoms with van der Waals surface area (Å²) in [6.07, 6.45) is 2.80. The fourth-order valence-corrected chi connectivity index (χ4v) is 5.80. The molecule has 3 fully saturated rings. The fourth-order valence-electron chi connectivity index (χ4n) is 5.80. The van der Waals surface area contributed by atoms with Gasteiger partial charge in [-0.3, -0.25) is 9.59 Å². The summed E-state index contributed by atoms with van der Waals surface area (Å²) in [5, 5.41) is 19.2. The Morgan fingerprint density at radius 1 is 1.32 bits per heavy atom. The van der Waals surface area contributed by atoms with E-state index in [9.17, 15) is 19.8 Å². The predicted molar refractivity (Wildman–Crippen MR) is 68.4 cm³/mol. The summed E-state index contributed by atoms with van der Waals surface area (Å²) < 4.78 is 0. The molecule has 2 N–H and O–H groups in total. The van der Waals surface area contributed by atoms with Crippen molar-refractivity contribution in [1.82, 2.24) is 0 Å². The Morgan fingerprint density at radius 3 is 2.58 bits per heavy atom. The average Bonchev–Trinajstić information content (AvgIpc) is 2.62. The van der Waals surface area contributed by atoms with Gasteiger partial charge < -0.3 is 10.2 Å². The number of carboxylic acid groups (broad SMARTS) is 1. The zero-order valence-corrected chi connectivity index (χ0v) is 11.6. The van der Waals surface area contributed by atoms with Crippen LogP contribution >= 0.6 is 0 Å². The molecule has 0 aromatic heterocycles. The third-order valence-corrected chi connectivity index (χ3v) is 6.30. The molecule has 106 valence electrons. The van der Waals surface area contributed by atoms with Gasteiger partial charge in [0, 0.05) is 12.3 Å². The third-order valence-electron chi connectivity index (χ3n) is 6.30. The first-order chi connectivity index (χ1) is 8.84. The highest BCUT2D eigenvalue weighted by Gasteiger charge is 2.70. The second kappa shape index (κ2) is 3.81. The second-order valence-corrected chi connectivity index (χ2v) is 7.36. The van der Waals surface area contributed by atoms with E-state index >= 15 is 0 Å². The molecule has 0 radical (unpaired) electrons. The van der Waals surface area contributed by atoms with Crippen LogP contribution in [0.5, 0.6) is 0 Å². The molecule has 3 aliphatic carbocycles. The molecule has 19 heavy (non-hydrogen) atoms. The van der Waals surface area contributed by atoms with E-state index in [1.54, 1.807) is 0 Å². The van der Waals surface area contributed by atoms with Crippen molar-refractivity contribution in [2.24, 2.45) is 34.5 Å². The largest absolute Gasteiger partial charge is 0.481 e. The van der Waals surface area contributed by atoms with E-state index in [0.29, 0.717) is 18.8 Å². The molecule has 4 heteroatoms. The number of aliphatic hydroxyl groups is 1. The summed E-state index contributed by atoms with van der Waals surface area (Å²) in [7, 11) is 0. The number of carbonyl (C=O) groups is 2. The van der Waals surface area contributed by atoms with Crippen molar-refractivity contribution < 1.29 is 19.8 Å². The first kappa shape index (κ1) is 13.1. The van der Waals surface area contributed by atoms with E-state index in [2.05, 4.69) is 13.8 Å². The number of carboxylic acids is 1. The van der Waals surface area contributed by atoms with Crippen LogP contribution in [-0.4, -0.2) is 28.6 Å². The van der Waals surface area contributed by atoms with Crippen LogP contribution in [0.2, 0.25) is 0 Å². The number of hydrogen-bond donors (Lipinski definition) is 2. The van der Waals surface area contributed by atoms with Gasteiger partial charge in [-0.2, -0.15) is 0 Å². The molecule has 0 aromatic carbocycles. The number of aliphatic hydroxyl groups excluding tert-OH is 1. The molecule has 0 heterocycles. The molecule has 4 nitrogen and oxygen atoms in total. The molecular formula is C15H22O4. The number of aliphatic carboxylic acids is 1. The molecule has 3 aliphatic rings. The Hall–Kier alpha value is -0.900. The zero-order chi connectivity index (χ0) is 14.0. The summed E-state index contributed by atoms with van der Waals surface area (Å²) in [6.45, 7) is 4.20. The maximum atomic E-state index is 12.2. The molecule has 0 spiro atoms. The van der Waals surface area contributed by atoms with E-state index in [1.807, 2.05) is 0 Å². The summed E-state index contributed by atoms with van der Waals surface area (Å²) in [5.41, 5.74) is -0.396. The van der Waals surface area contributed by atoms with Crippen LogP contribution in [0.1, 0.15) is 39.5 Å². The number of carbonyl (C=O) groups excluding carboxylic acids is 1. The molecule has 1 unspecified atom stereocenters. The van der Waals surface area contributed by atoms with Gasteiger partial charge >= 0.3 is 5.97 Å². The van der Waals surface area contributed by atoms with E-state index in [0.717, 1.165) is 12.8 Å². The average molecular weight is 266 g/mol. The minimum absolute atomic E-state index is 0.0844. The lowest BCUT2D eigenvalue weighted by atomic mass is 9.59. The van der Waals surface area contributed by atoms with Crippen molar-refractivity contribution in [3.8, 4) is 0 Å². The van der Waals surface area contributed by atoms with Gasteiger partial charge in [0.15, 0.2) is 0 Å². The smallest absolute Gasteiger partial charge is 0.307 e. The van der Waals surface area contributed by atoms with Crippen molar-refractivity contribution in [1.29, 1.82) is 0 Å². The molecule has 3 rings (SSSR count). The molecule has 3 saturated carbocycles. The molecule has 0 aliphatic heterocycles. The minimum Gasteiger partial charge on any atom is -0.481 e. The van der Waals surface area contributed by atoms with Gasteiger partial charge in [0.1, 0.15) is 5.78 Å². The molecule has 0 aromatic rings. The lowest BCUT2D eigenvalue weighted by Crippen LogP contribution is -2.46. The lowest BCUT2D eigenvalue weighted by molar-refractivity contribution is -0.153. The van der Waals surface area contributed by atoms with Gasteiger partial charge in [-0.05, 0) is 41.9 Å². The highest BCUT2D eigenvalue weighted by molar-refractivity contribution is 5.87. The Labute approximate surface area is 113 Å². The Balaban J connectivity index is 2.13. The standard InChI is InChI=1S/C15H22O4/c1-14(2)7-15-9(13(18)19)4-3-8(14)10(15)5-12(17)11(15)6-16/h8-11,16H,3-7H2,1-2H3,(H,18,19)/t8?,9-,10+,11+,15+/m1/s1. The Kier molecular flexibility index (Phi) is 2.63. The third kappa shape index (κ3) is 1.44. The van der Waals surface area contributed by atoms with Gasteiger partial charge in [-0.1, -0.05) is 13.8 Å². The van der Waals surface area contributed by atoms with Crippen molar-refractivity contribution in [3.05, 3.63) is 0 Å². The van der Waals surface area contributed by atoms with Crippen LogP contribution in [0.3, 0.4) is 0 Å². The van der Waals surface area contributed by atoms with Gasteiger partial charge in [0.05, 0.1) is 12.5 Å². The van der Waals surface area contributed by atoms with Crippen LogP contribution in [0, 0.1) is 34.5 Å². The normalized spacial score (nSPS) is 47.2. The molecule has 0 saturated heterocycles. The number of rotatable bonds is 2. The second-order valence-electron chi connectivity index (χ2n) is 7.36. The summed E-state index contributed by atoms with van der Waals surface area (Å²) in [5.74, 6) is -1.01. The van der Waals surface area contributed by atoms with Crippen LogP contribution in [-0.2, 0) is 9.59 Å². The van der Waals surface area contributed by atoms with E-state index in [-0.39, 0.29) is 23.7 Å². The topological polar surface area (TPSA) is 74.6 Å². The zero-order valence-electron chi connectivity index (χ0n) is 11.6. The number of ketones is 1. The van der Waals surface area contributed by atoms with Crippen LogP contribution in [0.25, 0.3) is 0 Å². The maximum Gasteiger partial charge on any atom is 0.307 e. The molecule has 0 amide bonds. The summed E-state index contributed by atoms with van der Waals surface area (Å²) in [6, 6.07) is 0. The van der Waals surface area contributed by atoms with Gasteiger partial charge in [-0.15, -0.1) is 0 Å². The number of hydrogen-bond acceptors (Lipinski definition) is 3. The fraction of sp³-hybridized carbons (Fsp3) is 0.867. The summed E-state index contributed by atoms with van der Waals surface area (Å²) >= 11 is 0. The van der Waals surface area contributed by atoms with E-state index in [4.69, 9.17) is 0 Å². The van der Waals surface area contributed by atoms with Crippen molar-refractivity contribution in [2.75, 3.05) is 6.61 Å². The first-order valence-corrected chi connectivity index (χ1v) is 7.21. The Bertz CT molecular complexity index is 441. The molecule has 2 bridgehead atoms. The summed E-state index contributed by atoms with van der Waals surface area (Å²) in [4.78, 5) is 23.8. The molecule has 5 atom stereocenters. The Morgan fingerprint density at radius 2 is 2.00 bits per heavy atom.